The van der Waals surface area contributed by atoms with Crippen LogP contribution < -0.4 is 5.32 Å². The number of hydrogen-bond acceptors (Lipinski definition) is 6. The number of nitrogens with one attached hydrogen (secondary N) is 1. The molecule has 9 heteroatoms. The molecule has 3 rings (SSSR count). The van der Waals surface area contributed by atoms with E-state index in [1.807, 2.05) is 31.2 Å². The number of carbonyl (C=O) groups excluding carboxylic acids is 2. The standard InChI is InChI=1S/C19H18N4O4S/c1-12-6-5-7-13(10-12)20-19-22(2)18(25)16(28-19)11-17(24)21-14-8-3-4-9-15(14)23(26)27/h3-10,16H,11H2,1-2H3,(H,21,24). The van der Waals surface area contributed by atoms with Crippen LogP contribution in [-0.4, -0.2) is 39.1 Å². The highest BCUT2D eigenvalue weighted by Crippen LogP contribution is 2.31. The van der Waals surface area contributed by atoms with Crippen molar-refractivity contribution in [3.8, 4) is 0 Å². The molecule has 0 aliphatic carbocycles. The minimum atomic E-state index is -0.628. The largest absolute Gasteiger partial charge is 0.320 e. The minimum Gasteiger partial charge on any atom is -0.320 e. The van der Waals surface area contributed by atoms with Gasteiger partial charge in [0, 0.05) is 19.5 Å². The van der Waals surface area contributed by atoms with E-state index in [-0.39, 0.29) is 23.7 Å². The average Bonchev–Trinajstić information content (AvgIpc) is 2.90. The van der Waals surface area contributed by atoms with Crippen molar-refractivity contribution in [2.24, 2.45) is 4.99 Å². The van der Waals surface area contributed by atoms with Crippen LogP contribution in [0.25, 0.3) is 0 Å². The first-order chi connectivity index (χ1) is 13.3. The molecule has 1 aliphatic rings. The molecule has 1 fully saturated rings. The van der Waals surface area contributed by atoms with E-state index in [9.17, 15) is 19.7 Å². The first-order valence-corrected chi connectivity index (χ1v) is 9.36. The molecule has 2 aromatic rings. The third-order valence-electron chi connectivity index (χ3n) is 4.11. The Bertz CT molecular complexity index is 976. The van der Waals surface area contributed by atoms with Crippen LogP contribution >= 0.6 is 11.8 Å². The Kier molecular flexibility index (Phi) is 5.74. The number of thioether (sulfide) groups is 1. The maximum atomic E-state index is 12.5. The van der Waals surface area contributed by atoms with Gasteiger partial charge < -0.3 is 5.32 Å². The van der Waals surface area contributed by atoms with Crippen LogP contribution in [0.3, 0.4) is 0 Å². The number of rotatable bonds is 5. The summed E-state index contributed by atoms with van der Waals surface area (Å²) in [4.78, 5) is 41.2. The van der Waals surface area contributed by atoms with E-state index in [2.05, 4.69) is 10.3 Å². The number of amides is 2. The molecule has 1 atom stereocenters. The van der Waals surface area contributed by atoms with Gasteiger partial charge in [0.25, 0.3) is 5.69 Å². The fourth-order valence-corrected chi connectivity index (χ4v) is 3.87. The summed E-state index contributed by atoms with van der Waals surface area (Å²) < 4.78 is 0. The molecular weight excluding hydrogens is 380 g/mol. The van der Waals surface area contributed by atoms with Gasteiger partial charge in [-0.1, -0.05) is 36.0 Å². The van der Waals surface area contributed by atoms with Gasteiger partial charge in [-0.3, -0.25) is 24.6 Å². The van der Waals surface area contributed by atoms with Gasteiger partial charge in [-0.25, -0.2) is 4.99 Å². The van der Waals surface area contributed by atoms with Crippen molar-refractivity contribution >= 4 is 45.8 Å². The summed E-state index contributed by atoms with van der Waals surface area (Å²) in [5.74, 6) is -0.695. The number of para-hydroxylation sites is 2. The molecule has 2 aromatic carbocycles. The van der Waals surface area contributed by atoms with Gasteiger partial charge in [0.1, 0.15) is 10.9 Å². The summed E-state index contributed by atoms with van der Waals surface area (Å²) in [6.07, 6.45) is -0.104. The molecule has 1 N–H and O–H groups in total. The molecule has 2 amide bonds. The quantitative estimate of drug-likeness (QED) is 0.613. The highest BCUT2D eigenvalue weighted by atomic mass is 32.2. The van der Waals surface area contributed by atoms with Gasteiger partial charge in [0.05, 0.1) is 10.6 Å². The number of aryl methyl sites for hydroxylation is 1. The summed E-state index contributed by atoms with van der Waals surface area (Å²) >= 11 is 1.21. The first-order valence-electron chi connectivity index (χ1n) is 8.48. The molecular formula is C19H18N4O4S. The smallest absolute Gasteiger partial charge is 0.292 e. The van der Waals surface area contributed by atoms with E-state index in [1.54, 1.807) is 13.1 Å². The molecule has 0 saturated carbocycles. The maximum absolute atomic E-state index is 12.5. The predicted molar refractivity (Wildman–Crippen MR) is 109 cm³/mol. The molecule has 0 radical (unpaired) electrons. The number of benzene rings is 2. The lowest BCUT2D eigenvalue weighted by atomic mass is 10.2. The Hall–Kier alpha value is -3.20. The lowest BCUT2D eigenvalue weighted by Gasteiger charge is -2.09. The molecule has 1 unspecified atom stereocenters. The fourth-order valence-electron chi connectivity index (χ4n) is 2.71. The topological polar surface area (TPSA) is 105 Å². The van der Waals surface area contributed by atoms with Crippen molar-refractivity contribution in [1.29, 1.82) is 0 Å². The highest BCUT2D eigenvalue weighted by molar-refractivity contribution is 8.15. The maximum Gasteiger partial charge on any atom is 0.292 e. The zero-order valence-electron chi connectivity index (χ0n) is 15.3. The van der Waals surface area contributed by atoms with Crippen molar-refractivity contribution in [3.05, 3.63) is 64.2 Å². The van der Waals surface area contributed by atoms with Gasteiger partial charge in [-0.2, -0.15) is 0 Å². The number of aliphatic imine (C=N–C) groups is 1. The second-order valence-corrected chi connectivity index (χ2v) is 7.43. The van der Waals surface area contributed by atoms with E-state index in [0.29, 0.717) is 5.17 Å². The molecule has 28 heavy (non-hydrogen) atoms. The molecule has 8 nitrogen and oxygen atoms in total. The summed E-state index contributed by atoms with van der Waals surface area (Å²) in [6.45, 7) is 1.95. The van der Waals surface area contributed by atoms with Crippen molar-refractivity contribution in [2.45, 2.75) is 18.6 Å². The fraction of sp³-hybridized carbons (Fsp3) is 0.211. The van der Waals surface area contributed by atoms with Crippen LogP contribution in [-0.2, 0) is 9.59 Å². The van der Waals surface area contributed by atoms with Crippen molar-refractivity contribution in [3.63, 3.8) is 0 Å². The van der Waals surface area contributed by atoms with Crippen molar-refractivity contribution in [2.75, 3.05) is 12.4 Å². The van der Waals surface area contributed by atoms with Crippen LogP contribution in [0.5, 0.6) is 0 Å². The second kappa shape index (κ2) is 8.22. The van der Waals surface area contributed by atoms with Gasteiger partial charge in [0.2, 0.25) is 11.8 Å². The number of anilines is 1. The van der Waals surface area contributed by atoms with Crippen LogP contribution in [0.15, 0.2) is 53.5 Å². The Labute approximate surface area is 165 Å². The molecule has 144 valence electrons. The minimum absolute atomic E-state index is 0.104. The summed E-state index contributed by atoms with van der Waals surface area (Å²) in [5, 5.41) is 13.5. The number of amidine groups is 1. The van der Waals surface area contributed by atoms with Gasteiger partial charge >= 0.3 is 0 Å². The number of nitro groups is 1. The number of nitrogens with zero attached hydrogens (tertiary/aromatic N) is 3. The molecule has 1 heterocycles. The number of hydrogen-bond donors (Lipinski definition) is 1. The molecule has 0 spiro atoms. The van der Waals surface area contributed by atoms with E-state index in [0.717, 1.165) is 11.3 Å². The van der Waals surface area contributed by atoms with Crippen molar-refractivity contribution in [1.82, 2.24) is 4.90 Å². The molecule has 0 aromatic heterocycles. The van der Waals surface area contributed by atoms with Crippen molar-refractivity contribution < 1.29 is 14.5 Å². The summed E-state index contributed by atoms with van der Waals surface area (Å²) in [6, 6.07) is 13.5. The summed E-state index contributed by atoms with van der Waals surface area (Å²) in [5.41, 5.74) is 1.70. The average molecular weight is 398 g/mol. The SMILES string of the molecule is Cc1cccc(N=C2SC(CC(=O)Nc3ccccc3[N+](=O)[O-])C(=O)N2C)c1. The van der Waals surface area contributed by atoms with E-state index < -0.39 is 16.1 Å². The Morgan fingerprint density at radius 3 is 2.75 bits per heavy atom. The molecule has 0 bridgehead atoms. The lowest BCUT2D eigenvalue weighted by Crippen LogP contribution is -2.30. The van der Waals surface area contributed by atoms with E-state index in [1.165, 1.54) is 34.9 Å². The van der Waals surface area contributed by atoms with E-state index >= 15 is 0 Å². The van der Waals surface area contributed by atoms with Crippen LogP contribution in [0.4, 0.5) is 17.1 Å². The van der Waals surface area contributed by atoms with Crippen LogP contribution in [0.2, 0.25) is 0 Å². The van der Waals surface area contributed by atoms with Gasteiger partial charge in [-0.05, 0) is 30.7 Å². The summed E-state index contributed by atoms with van der Waals surface area (Å²) in [7, 11) is 1.61. The third kappa shape index (κ3) is 4.37. The third-order valence-corrected chi connectivity index (χ3v) is 5.34. The highest BCUT2D eigenvalue weighted by Gasteiger charge is 2.37. The number of nitro benzene ring substituents is 1. The Morgan fingerprint density at radius 2 is 2.04 bits per heavy atom. The Balaban J connectivity index is 1.70. The lowest BCUT2D eigenvalue weighted by molar-refractivity contribution is -0.383. The second-order valence-electron chi connectivity index (χ2n) is 6.26. The predicted octanol–water partition coefficient (Wildman–Crippen LogP) is 3.49. The first kappa shape index (κ1) is 19.6. The molecule has 1 saturated heterocycles. The van der Waals surface area contributed by atoms with Gasteiger partial charge in [0.15, 0.2) is 5.17 Å². The zero-order chi connectivity index (χ0) is 20.3. The number of carbonyl (C=O) groups is 2. The van der Waals surface area contributed by atoms with Gasteiger partial charge in [-0.15, -0.1) is 0 Å². The monoisotopic (exact) mass is 398 g/mol. The molecule has 1 aliphatic heterocycles. The van der Waals surface area contributed by atoms with Crippen LogP contribution in [0.1, 0.15) is 12.0 Å². The normalized spacial score (nSPS) is 17.8. The zero-order valence-corrected chi connectivity index (χ0v) is 16.1. The van der Waals surface area contributed by atoms with E-state index in [4.69, 9.17) is 0 Å². The van der Waals surface area contributed by atoms with Crippen LogP contribution in [0, 0.1) is 17.0 Å². The Morgan fingerprint density at radius 1 is 1.29 bits per heavy atom.